The van der Waals surface area contributed by atoms with Crippen molar-refractivity contribution in [3.63, 3.8) is 0 Å². The molecular weight excluding hydrogens is 281 g/mol. The number of ether oxygens (including phenoxy) is 2. The van der Waals surface area contributed by atoms with E-state index in [4.69, 9.17) is 26.8 Å². The van der Waals surface area contributed by atoms with Crippen molar-refractivity contribution in [1.29, 1.82) is 0 Å². The van der Waals surface area contributed by atoms with Crippen LogP contribution in [0.2, 0.25) is 5.02 Å². The first kappa shape index (κ1) is 14.6. The molecule has 0 aromatic heterocycles. The molecule has 0 fully saturated rings. The van der Waals surface area contributed by atoms with E-state index in [0.717, 1.165) is 0 Å². The van der Waals surface area contributed by atoms with Gasteiger partial charge in [0.1, 0.15) is 17.3 Å². The zero-order chi connectivity index (χ0) is 14.7. The van der Waals surface area contributed by atoms with Crippen molar-refractivity contribution in [1.82, 2.24) is 0 Å². The average molecular weight is 296 g/mol. The zero-order valence-electron chi connectivity index (χ0n) is 11.2. The van der Waals surface area contributed by atoms with Gasteiger partial charge in [-0.15, -0.1) is 0 Å². The highest BCUT2D eigenvalue weighted by molar-refractivity contribution is 6.30. The number of hydrogen-bond acceptors (Lipinski definition) is 3. The molecule has 2 rings (SSSR count). The summed E-state index contributed by atoms with van der Waals surface area (Å²) in [6, 6.07) is 8.80. The molecule has 5 heteroatoms. The van der Waals surface area contributed by atoms with E-state index in [0.29, 0.717) is 27.6 Å². The molecule has 2 aromatic carbocycles. The second-order valence-electron chi connectivity index (χ2n) is 4.25. The Hall–Kier alpha value is -1.78. The summed E-state index contributed by atoms with van der Waals surface area (Å²) < 4.78 is 23.9. The average Bonchev–Trinajstić information content (AvgIpc) is 2.46. The number of nitrogens with two attached hydrogens (primary N) is 1. The quantitative estimate of drug-likeness (QED) is 0.938. The van der Waals surface area contributed by atoms with Crippen molar-refractivity contribution in [3.8, 4) is 11.5 Å². The number of methoxy groups -OCH3 is 2. The maximum atomic E-state index is 13.4. The molecule has 0 radical (unpaired) electrons. The maximum Gasteiger partial charge on any atom is 0.125 e. The smallest absolute Gasteiger partial charge is 0.125 e. The number of halogens is 2. The number of benzene rings is 2. The Balaban J connectivity index is 2.51. The lowest BCUT2D eigenvalue weighted by Gasteiger charge is -2.18. The fourth-order valence-corrected chi connectivity index (χ4v) is 2.22. The van der Waals surface area contributed by atoms with Crippen LogP contribution < -0.4 is 15.2 Å². The second kappa shape index (κ2) is 6.11. The van der Waals surface area contributed by atoms with Crippen LogP contribution in [0.15, 0.2) is 36.4 Å². The van der Waals surface area contributed by atoms with Crippen molar-refractivity contribution in [2.24, 2.45) is 5.73 Å². The molecule has 0 heterocycles. The van der Waals surface area contributed by atoms with E-state index in [1.54, 1.807) is 24.3 Å². The van der Waals surface area contributed by atoms with Gasteiger partial charge in [-0.2, -0.15) is 0 Å². The van der Waals surface area contributed by atoms with Crippen LogP contribution in [0.25, 0.3) is 0 Å². The standard InChI is InChI=1S/C15H15ClFNO2/c1-19-13-6-4-10(17)8-12(13)15(18)11-5-3-9(16)7-14(11)20-2/h3-8,15H,18H2,1-2H3. The Bertz CT molecular complexity index is 619. The van der Waals surface area contributed by atoms with Crippen molar-refractivity contribution in [3.05, 3.63) is 58.4 Å². The third kappa shape index (κ3) is 2.86. The van der Waals surface area contributed by atoms with Gasteiger partial charge in [-0.1, -0.05) is 17.7 Å². The molecule has 0 bridgehead atoms. The van der Waals surface area contributed by atoms with Gasteiger partial charge >= 0.3 is 0 Å². The summed E-state index contributed by atoms with van der Waals surface area (Å²) in [5.74, 6) is 0.705. The minimum Gasteiger partial charge on any atom is -0.496 e. The first-order chi connectivity index (χ1) is 9.56. The summed E-state index contributed by atoms with van der Waals surface area (Å²) in [7, 11) is 3.05. The van der Waals surface area contributed by atoms with E-state index in [1.165, 1.54) is 26.4 Å². The van der Waals surface area contributed by atoms with Crippen LogP contribution in [0.1, 0.15) is 17.2 Å². The van der Waals surface area contributed by atoms with Crippen molar-refractivity contribution >= 4 is 11.6 Å². The van der Waals surface area contributed by atoms with Crippen LogP contribution in [0.3, 0.4) is 0 Å². The first-order valence-electron chi connectivity index (χ1n) is 5.99. The molecule has 106 valence electrons. The molecule has 3 nitrogen and oxygen atoms in total. The van der Waals surface area contributed by atoms with Crippen LogP contribution in [-0.2, 0) is 0 Å². The summed E-state index contributed by atoms with van der Waals surface area (Å²) in [6.07, 6.45) is 0. The van der Waals surface area contributed by atoms with Gasteiger partial charge in [0.2, 0.25) is 0 Å². The van der Waals surface area contributed by atoms with Gasteiger partial charge in [0.15, 0.2) is 0 Å². The van der Waals surface area contributed by atoms with Gasteiger partial charge in [0.05, 0.1) is 20.3 Å². The number of rotatable bonds is 4. The molecule has 0 spiro atoms. The highest BCUT2D eigenvalue weighted by Gasteiger charge is 2.18. The van der Waals surface area contributed by atoms with Crippen LogP contribution in [0.4, 0.5) is 4.39 Å². The van der Waals surface area contributed by atoms with E-state index in [9.17, 15) is 4.39 Å². The third-order valence-corrected chi connectivity index (χ3v) is 3.29. The third-order valence-electron chi connectivity index (χ3n) is 3.06. The largest absolute Gasteiger partial charge is 0.496 e. The summed E-state index contributed by atoms with van der Waals surface area (Å²) in [5, 5.41) is 0.545. The van der Waals surface area contributed by atoms with Crippen molar-refractivity contribution < 1.29 is 13.9 Å². The van der Waals surface area contributed by atoms with E-state index in [1.807, 2.05) is 0 Å². The highest BCUT2D eigenvalue weighted by atomic mass is 35.5. The molecule has 0 aliphatic carbocycles. The molecule has 1 unspecified atom stereocenters. The molecule has 20 heavy (non-hydrogen) atoms. The lowest BCUT2D eigenvalue weighted by molar-refractivity contribution is 0.399. The molecule has 0 saturated heterocycles. The van der Waals surface area contributed by atoms with Gasteiger partial charge in [-0.05, 0) is 30.3 Å². The molecular formula is C15H15ClFNO2. The lowest BCUT2D eigenvalue weighted by Crippen LogP contribution is -2.14. The van der Waals surface area contributed by atoms with Crippen LogP contribution in [0.5, 0.6) is 11.5 Å². The summed E-state index contributed by atoms with van der Waals surface area (Å²) in [6.45, 7) is 0. The summed E-state index contributed by atoms with van der Waals surface area (Å²) in [5.41, 5.74) is 7.48. The summed E-state index contributed by atoms with van der Waals surface area (Å²) in [4.78, 5) is 0. The van der Waals surface area contributed by atoms with Gasteiger partial charge in [-0.25, -0.2) is 4.39 Å². The Labute approximate surface area is 122 Å². The van der Waals surface area contributed by atoms with Crippen LogP contribution in [0, 0.1) is 5.82 Å². The SMILES string of the molecule is COc1cc(Cl)ccc1C(N)c1cc(F)ccc1OC. The van der Waals surface area contributed by atoms with Gasteiger partial charge in [0, 0.05) is 16.1 Å². The van der Waals surface area contributed by atoms with Crippen LogP contribution in [-0.4, -0.2) is 14.2 Å². The fraction of sp³-hybridized carbons (Fsp3) is 0.200. The highest BCUT2D eigenvalue weighted by Crippen LogP contribution is 2.34. The molecule has 0 aliphatic heterocycles. The van der Waals surface area contributed by atoms with Gasteiger partial charge in [-0.3, -0.25) is 0 Å². The Morgan fingerprint density at radius 2 is 1.70 bits per heavy atom. The second-order valence-corrected chi connectivity index (χ2v) is 4.69. The Morgan fingerprint density at radius 1 is 1.00 bits per heavy atom. The first-order valence-corrected chi connectivity index (χ1v) is 6.37. The van der Waals surface area contributed by atoms with Gasteiger partial charge in [0.25, 0.3) is 0 Å². The van der Waals surface area contributed by atoms with Crippen LogP contribution >= 0.6 is 11.6 Å². The predicted molar refractivity (Wildman–Crippen MR) is 77.0 cm³/mol. The molecule has 0 saturated carbocycles. The lowest BCUT2D eigenvalue weighted by atomic mass is 9.97. The van der Waals surface area contributed by atoms with Gasteiger partial charge < -0.3 is 15.2 Å². The Morgan fingerprint density at radius 3 is 2.35 bits per heavy atom. The van der Waals surface area contributed by atoms with E-state index in [-0.39, 0.29) is 5.82 Å². The fourth-order valence-electron chi connectivity index (χ4n) is 2.06. The minimum absolute atomic E-state index is 0.371. The van der Waals surface area contributed by atoms with E-state index >= 15 is 0 Å². The molecule has 0 amide bonds. The Kier molecular flexibility index (Phi) is 4.47. The molecule has 2 aromatic rings. The summed E-state index contributed by atoms with van der Waals surface area (Å²) >= 11 is 5.92. The van der Waals surface area contributed by atoms with Crippen molar-refractivity contribution in [2.45, 2.75) is 6.04 Å². The molecule has 1 atom stereocenters. The number of hydrogen-bond donors (Lipinski definition) is 1. The monoisotopic (exact) mass is 295 g/mol. The van der Waals surface area contributed by atoms with E-state index in [2.05, 4.69) is 0 Å². The normalized spacial score (nSPS) is 12.1. The van der Waals surface area contributed by atoms with Crippen molar-refractivity contribution in [2.75, 3.05) is 14.2 Å². The minimum atomic E-state index is -0.576. The molecule has 2 N–H and O–H groups in total. The topological polar surface area (TPSA) is 44.5 Å². The zero-order valence-corrected chi connectivity index (χ0v) is 11.9. The predicted octanol–water partition coefficient (Wildman–Crippen LogP) is 3.54. The maximum absolute atomic E-state index is 13.4. The van der Waals surface area contributed by atoms with E-state index < -0.39 is 6.04 Å². The molecule has 0 aliphatic rings.